The molecule has 0 atom stereocenters. The summed E-state index contributed by atoms with van der Waals surface area (Å²) in [6.07, 6.45) is 4.62. The van der Waals surface area contributed by atoms with Crippen molar-refractivity contribution in [3.63, 3.8) is 0 Å². The minimum absolute atomic E-state index is 0.0427. The molecule has 0 heterocycles. The molecule has 1 aliphatic rings. The van der Waals surface area contributed by atoms with Crippen molar-refractivity contribution < 1.29 is 28.6 Å². The molecule has 1 aromatic rings. The van der Waals surface area contributed by atoms with E-state index in [1.807, 2.05) is 30.3 Å². The van der Waals surface area contributed by atoms with Crippen LogP contribution in [0.4, 0.5) is 0 Å². The standard InChI is InChI=1S/C22H28O6/c1-17(2)21(25)27-16-15-26-19(23)11-12-20(24)28-22(13-7-4-8-14-22)18-9-5-3-6-10-18/h3,5-6,9-10H,1,4,7-8,11-16H2,2H3. The van der Waals surface area contributed by atoms with Crippen LogP contribution in [0.15, 0.2) is 42.5 Å². The van der Waals surface area contributed by atoms with Gasteiger partial charge < -0.3 is 14.2 Å². The Morgan fingerprint density at radius 3 is 2.18 bits per heavy atom. The van der Waals surface area contributed by atoms with E-state index < -0.39 is 23.5 Å². The van der Waals surface area contributed by atoms with E-state index in [1.165, 1.54) is 6.92 Å². The highest BCUT2D eigenvalue weighted by Gasteiger charge is 2.37. The topological polar surface area (TPSA) is 78.9 Å². The van der Waals surface area contributed by atoms with E-state index in [1.54, 1.807) is 0 Å². The second kappa shape index (κ2) is 10.6. The molecule has 0 bridgehead atoms. The van der Waals surface area contributed by atoms with E-state index in [0.29, 0.717) is 0 Å². The summed E-state index contributed by atoms with van der Waals surface area (Å²) in [7, 11) is 0. The highest BCUT2D eigenvalue weighted by atomic mass is 16.6. The summed E-state index contributed by atoms with van der Waals surface area (Å²) >= 11 is 0. The summed E-state index contributed by atoms with van der Waals surface area (Å²) in [6.45, 7) is 4.90. The fraction of sp³-hybridized carbons (Fsp3) is 0.500. The largest absolute Gasteiger partial charge is 0.462 e. The lowest BCUT2D eigenvalue weighted by Crippen LogP contribution is -2.34. The minimum Gasteiger partial charge on any atom is -0.462 e. The van der Waals surface area contributed by atoms with Crippen molar-refractivity contribution in [1.29, 1.82) is 0 Å². The van der Waals surface area contributed by atoms with Gasteiger partial charge in [-0.15, -0.1) is 0 Å². The first-order chi connectivity index (χ1) is 13.4. The predicted molar refractivity (Wildman–Crippen MR) is 103 cm³/mol. The molecule has 0 radical (unpaired) electrons. The smallest absolute Gasteiger partial charge is 0.333 e. The molecule has 0 spiro atoms. The molecule has 0 aliphatic heterocycles. The fourth-order valence-corrected chi connectivity index (χ4v) is 3.27. The van der Waals surface area contributed by atoms with Gasteiger partial charge in [-0.2, -0.15) is 0 Å². The van der Waals surface area contributed by atoms with Gasteiger partial charge in [-0.05, 0) is 38.2 Å². The van der Waals surface area contributed by atoms with Crippen LogP contribution >= 0.6 is 0 Å². The molecule has 6 nitrogen and oxygen atoms in total. The fourth-order valence-electron chi connectivity index (χ4n) is 3.27. The maximum absolute atomic E-state index is 12.4. The molecule has 1 fully saturated rings. The van der Waals surface area contributed by atoms with Crippen LogP contribution in [0.25, 0.3) is 0 Å². The first-order valence-electron chi connectivity index (χ1n) is 9.68. The maximum atomic E-state index is 12.4. The number of esters is 3. The van der Waals surface area contributed by atoms with Gasteiger partial charge >= 0.3 is 17.9 Å². The van der Waals surface area contributed by atoms with Crippen molar-refractivity contribution in [1.82, 2.24) is 0 Å². The van der Waals surface area contributed by atoms with Crippen molar-refractivity contribution in [2.24, 2.45) is 0 Å². The summed E-state index contributed by atoms with van der Waals surface area (Å²) in [5.41, 5.74) is 0.686. The molecule has 0 unspecified atom stereocenters. The summed E-state index contributed by atoms with van der Waals surface area (Å²) in [4.78, 5) is 35.4. The quantitative estimate of drug-likeness (QED) is 0.277. The van der Waals surface area contributed by atoms with Crippen LogP contribution in [0, 0.1) is 0 Å². The van der Waals surface area contributed by atoms with E-state index in [0.717, 1.165) is 37.7 Å². The molecule has 1 aliphatic carbocycles. The van der Waals surface area contributed by atoms with Crippen LogP contribution in [0.3, 0.4) is 0 Å². The Morgan fingerprint density at radius 2 is 1.54 bits per heavy atom. The Balaban J connectivity index is 1.78. The Bertz CT molecular complexity index is 688. The number of hydrogen-bond donors (Lipinski definition) is 0. The number of ether oxygens (including phenoxy) is 3. The molecule has 1 saturated carbocycles. The van der Waals surface area contributed by atoms with Gasteiger partial charge in [-0.25, -0.2) is 4.79 Å². The predicted octanol–water partition coefficient (Wildman–Crippen LogP) is 3.83. The number of rotatable bonds is 9. The summed E-state index contributed by atoms with van der Waals surface area (Å²) in [6, 6.07) is 9.79. The van der Waals surface area contributed by atoms with E-state index >= 15 is 0 Å². The second-order valence-corrected chi connectivity index (χ2v) is 7.03. The van der Waals surface area contributed by atoms with Gasteiger partial charge in [0.1, 0.15) is 18.8 Å². The van der Waals surface area contributed by atoms with Crippen LogP contribution in [-0.2, 0) is 34.2 Å². The van der Waals surface area contributed by atoms with Crippen molar-refractivity contribution in [2.75, 3.05) is 13.2 Å². The van der Waals surface area contributed by atoms with Gasteiger partial charge in [0.2, 0.25) is 0 Å². The molecule has 1 aromatic carbocycles. The van der Waals surface area contributed by atoms with Gasteiger partial charge in [-0.1, -0.05) is 43.3 Å². The first kappa shape index (κ1) is 21.7. The van der Waals surface area contributed by atoms with E-state index in [9.17, 15) is 14.4 Å². The lowest BCUT2D eigenvalue weighted by Gasteiger charge is -2.37. The van der Waals surface area contributed by atoms with Gasteiger partial charge in [0.05, 0.1) is 12.8 Å². The SMILES string of the molecule is C=C(C)C(=O)OCCOC(=O)CCC(=O)OC1(c2ccccc2)CCCCC1. The van der Waals surface area contributed by atoms with Gasteiger partial charge in [-0.3, -0.25) is 9.59 Å². The molecule has 0 aromatic heterocycles. The van der Waals surface area contributed by atoms with Gasteiger partial charge in [0, 0.05) is 5.57 Å². The number of hydrogen-bond acceptors (Lipinski definition) is 6. The molecule has 2 rings (SSSR count). The van der Waals surface area contributed by atoms with Gasteiger partial charge in [0.25, 0.3) is 0 Å². The third-order valence-electron chi connectivity index (χ3n) is 4.73. The van der Waals surface area contributed by atoms with Crippen LogP contribution in [0.2, 0.25) is 0 Å². The van der Waals surface area contributed by atoms with Crippen LogP contribution in [0.5, 0.6) is 0 Å². The summed E-state index contributed by atoms with van der Waals surface area (Å²) in [5, 5.41) is 0. The lowest BCUT2D eigenvalue weighted by atomic mass is 9.79. The molecule has 0 amide bonds. The Morgan fingerprint density at radius 1 is 0.929 bits per heavy atom. The third kappa shape index (κ3) is 6.51. The molecule has 0 saturated heterocycles. The Hall–Kier alpha value is -2.63. The number of carbonyl (C=O) groups excluding carboxylic acids is 3. The van der Waals surface area contributed by atoms with Crippen LogP contribution in [-0.4, -0.2) is 31.1 Å². The van der Waals surface area contributed by atoms with Gasteiger partial charge in [0.15, 0.2) is 0 Å². The van der Waals surface area contributed by atoms with Crippen molar-refractivity contribution in [2.45, 2.75) is 57.5 Å². The van der Waals surface area contributed by atoms with Crippen molar-refractivity contribution in [3.8, 4) is 0 Å². The van der Waals surface area contributed by atoms with Crippen LogP contribution in [0.1, 0.15) is 57.4 Å². The summed E-state index contributed by atoms with van der Waals surface area (Å²) in [5.74, 6) is -1.46. The number of benzene rings is 1. The second-order valence-electron chi connectivity index (χ2n) is 7.03. The van der Waals surface area contributed by atoms with E-state index in [2.05, 4.69) is 6.58 Å². The zero-order chi connectivity index (χ0) is 20.4. The number of carbonyl (C=O) groups is 3. The van der Waals surface area contributed by atoms with E-state index in [4.69, 9.17) is 14.2 Å². The zero-order valence-corrected chi connectivity index (χ0v) is 16.4. The highest BCUT2D eigenvalue weighted by molar-refractivity contribution is 5.86. The van der Waals surface area contributed by atoms with Crippen molar-refractivity contribution >= 4 is 17.9 Å². The Kier molecular flexibility index (Phi) is 8.23. The molecule has 152 valence electrons. The third-order valence-corrected chi connectivity index (χ3v) is 4.73. The zero-order valence-electron chi connectivity index (χ0n) is 16.4. The monoisotopic (exact) mass is 388 g/mol. The molecule has 0 N–H and O–H groups in total. The normalized spacial score (nSPS) is 15.3. The molecular formula is C22H28O6. The minimum atomic E-state index is -0.600. The van der Waals surface area contributed by atoms with Crippen LogP contribution < -0.4 is 0 Å². The summed E-state index contributed by atoms with van der Waals surface area (Å²) < 4.78 is 15.7. The Labute approximate surface area is 165 Å². The first-order valence-corrected chi connectivity index (χ1v) is 9.68. The molecular weight excluding hydrogens is 360 g/mol. The average Bonchev–Trinajstić information content (AvgIpc) is 2.70. The highest BCUT2D eigenvalue weighted by Crippen LogP contribution is 2.40. The van der Waals surface area contributed by atoms with E-state index in [-0.39, 0.29) is 31.6 Å². The molecule has 28 heavy (non-hydrogen) atoms. The maximum Gasteiger partial charge on any atom is 0.333 e. The van der Waals surface area contributed by atoms with Crippen molar-refractivity contribution in [3.05, 3.63) is 48.0 Å². The average molecular weight is 388 g/mol. The lowest BCUT2D eigenvalue weighted by molar-refractivity contribution is -0.167. The molecule has 6 heteroatoms.